The molecule has 0 amide bonds. The molecular weight excluding hydrogens is 232 g/mol. The van der Waals surface area contributed by atoms with Gasteiger partial charge in [0, 0.05) is 0 Å². The first-order valence-electron chi connectivity index (χ1n) is 4.00. The lowest BCUT2D eigenvalue weighted by Gasteiger charge is -2.26. The minimum Gasteiger partial charge on any atom is -0.285 e. The van der Waals surface area contributed by atoms with Gasteiger partial charge in [0.1, 0.15) is 4.75 Å². The van der Waals surface area contributed by atoms with Gasteiger partial charge in [0.25, 0.3) is 20.2 Å². The molecule has 0 aliphatic heterocycles. The molecule has 2 N–H and O–H groups in total. The van der Waals surface area contributed by atoms with E-state index in [1.165, 1.54) is 13.8 Å². The second-order valence-corrected chi connectivity index (χ2v) is 6.36. The molecule has 0 rings (SSSR count). The Morgan fingerprint density at radius 1 is 1.00 bits per heavy atom. The Morgan fingerprint density at radius 3 is 1.43 bits per heavy atom. The maximum absolute atomic E-state index is 11.0. The highest BCUT2D eigenvalue weighted by molar-refractivity contribution is 7.90. The van der Waals surface area contributed by atoms with Gasteiger partial charge in [-0.25, -0.2) is 0 Å². The Morgan fingerprint density at radius 2 is 1.36 bits per heavy atom. The lowest BCUT2D eigenvalue weighted by Crippen LogP contribution is -2.43. The first-order chi connectivity index (χ1) is 6.08. The maximum atomic E-state index is 11.0. The molecule has 0 fully saturated rings. The molecule has 0 heterocycles. The van der Waals surface area contributed by atoms with Crippen LogP contribution in [0.5, 0.6) is 0 Å². The van der Waals surface area contributed by atoms with E-state index in [-0.39, 0.29) is 12.8 Å². The molecule has 0 bridgehead atoms. The molecular formula is C6H14O6S2. The Kier molecular flexibility index (Phi) is 4.08. The van der Waals surface area contributed by atoms with Crippen LogP contribution in [0.3, 0.4) is 0 Å². The fourth-order valence-electron chi connectivity index (χ4n) is 1.23. The monoisotopic (exact) mass is 246 g/mol. The molecule has 14 heavy (non-hydrogen) atoms. The Hall–Kier alpha value is -0.180. The predicted molar refractivity (Wildman–Crippen MR) is 51.3 cm³/mol. The van der Waals surface area contributed by atoms with Crippen molar-refractivity contribution in [2.75, 3.05) is 5.75 Å². The van der Waals surface area contributed by atoms with E-state index in [4.69, 9.17) is 9.11 Å². The molecule has 0 atom stereocenters. The van der Waals surface area contributed by atoms with Crippen LogP contribution in [-0.4, -0.2) is 36.4 Å². The van der Waals surface area contributed by atoms with Gasteiger partial charge in [-0.15, -0.1) is 0 Å². The van der Waals surface area contributed by atoms with Gasteiger partial charge in [-0.3, -0.25) is 9.11 Å². The minimum atomic E-state index is -4.50. The standard InChI is InChI=1S/C6H14O6S2/c1-3-6(4-2,14(10,11)12)5-13(7,8)9/h3-5H2,1-2H3,(H,7,8,9)(H,10,11,12). The van der Waals surface area contributed by atoms with Crippen LogP contribution in [-0.2, 0) is 20.2 Å². The van der Waals surface area contributed by atoms with Gasteiger partial charge in [0.05, 0.1) is 5.75 Å². The molecule has 0 saturated heterocycles. The Bertz CT molecular complexity index is 375. The van der Waals surface area contributed by atoms with Crippen molar-refractivity contribution in [1.82, 2.24) is 0 Å². The molecule has 0 spiro atoms. The summed E-state index contributed by atoms with van der Waals surface area (Å²) in [5.41, 5.74) is 0. The zero-order valence-electron chi connectivity index (χ0n) is 7.97. The van der Waals surface area contributed by atoms with Gasteiger partial charge < -0.3 is 0 Å². The second kappa shape index (κ2) is 4.13. The van der Waals surface area contributed by atoms with Crippen molar-refractivity contribution in [2.24, 2.45) is 0 Å². The molecule has 86 valence electrons. The zero-order valence-corrected chi connectivity index (χ0v) is 9.60. The SMILES string of the molecule is CCC(CC)(CS(=O)(=O)O)S(=O)(=O)O. The van der Waals surface area contributed by atoms with Crippen LogP contribution in [0.2, 0.25) is 0 Å². The molecule has 0 aliphatic rings. The fourth-order valence-corrected chi connectivity index (χ4v) is 4.07. The van der Waals surface area contributed by atoms with Crippen molar-refractivity contribution in [2.45, 2.75) is 31.4 Å². The highest BCUT2D eigenvalue weighted by Crippen LogP contribution is 2.26. The third kappa shape index (κ3) is 3.19. The molecule has 0 aromatic carbocycles. The van der Waals surface area contributed by atoms with E-state index in [0.717, 1.165) is 0 Å². The summed E-state index contributed by atoms with van der Waals surface area (Å²) in [6.45, 7) is 2.87. The summed E-state index contributed by atoms with van der Waals surface area (Å²) >= 11 is 0. The van der Waals surface area contributed by atoms with Crippen LogP contribution in [0.15, 0.2) is 0 Å². The summed E-state index contributed by atoms with van der Waals surface area (Å²) in [5.74, 6) is -0.980. The van der Waals surface area contributed by atoms with E-state index in [1.807, 2.05) is 0 Å². The van der Waals surface area contributed by atoms with Crippen LogP contribution in [0, 0.1) is 0 Å². The van der Waals surface area contributed by atoms with Gasteiger partial charge >= 0.3 is 0 Å². The topological polar surface area (TPSA) is 109 Å². The molecule has 6 nitrogen and oxygen atoms in total. The average Bonchev–Trinajstić information content (AvgIpc) is 1.96. The van der Waals surface area contributed by atoms with Gasteiger partial charge in [-0.2, -0.15) is 16.8 Å². The number of rotatable bonds is 5. The highest BCUT2D eigenvalue weighted by atomic mass is 32.2. The smallest absolute Gasteiger partial charge is 0.271 e. The van der Waals surface area contributed by atoms with Crippen molar-refractivity contribution in [3.05, 3.63) is 0 Å². The summed E-state index contributed by atoms with van der Waals surface area (Å²) in [7, 11) is -8.93. The van der Waals surface area contributed by atoms with Crippen LogP contribution < -0.4 is 0 Å². The van der Waals surface area contributed by atoms with Gasteiger partial charge in [-0.05, 0) is 12.8 Å². The third-order valence-electron chi connectivity index (χ3n) is 2.28. The van der Waals surface area contributed by atoms with Crippen LogP contribution in [0.25, 0.3) is 0 Å². The summed E-state index contributed by atoms with van der Waals surface area (Å²) in [5, 5.41) is 0. The lowest BCUT2D eigenvalue weighted by molar-refractivity contribution is 0.407. The first kappa shape index (κ1) is 13.8. The zero-order chi connectivity index (χ0) is 11.6. The highest BCUT2D eigenvalue weighted by Gasteiger charge is 2.43. The summed E-state index contributed by atoms with van der Waals surface area (Å²) < 4.78 is 58.8. The average molecular weight is 246 g/mol. The van der Waals surface area contributed by atoms with E-state index in [0.29, 0.717) is 0 Å². The van der Waals surface area contributed by atoms with E-state index >= 15 is 0 Å². The third-order valence-corrected chi connectivity index (χ3v) is 5.20. The summed E-state index contributed by atoms with van der Waals surface area (Å²) in [4.78, 5) is 0. The van der Waals surface area contributed by atoms with E-state index in [2.05, 4.69) is 0 Å². The van der Waals surface area contributed by atoms with Crippen molar-refractivity contribution in [3.63, 3.8) is 0 Å². The van der Waals surface area contributed by atoms with E-state index in [1.54, 1.807) is 0 Å². The molecule has 0 aliphatic carbocycles. The van der Waals surface area contributed by atoms with Crippen molar-refractivity contribution in [3.8, 4) is 0 Å². The van der Waals surface area contributed by atoms with Gasteiger partial charge in [0.15, 0.2) is 0 Å². The largest absolute Gasteiger partial charge is 0.285 e. The van der Waals surface area contributed by atoms with Gasteiger partial charge in [-0.1, -0.05) is 13.8 Å². The Labute approximate surface area is 83.8 Å². The molecule has 0 aromatic rings. The number of hydrogen-bond acceptors (Lipinski definition) is 4. The quantitative estimate of drug-likeness (QED) is 0.676. The second-order valence-electron chi connectivity index (χ2n) is 3.09. The van der Waals surface area contributed by atoms with Crippen molar-refractivity contribution >= 4 is 20.2 Å². The molecule has 0 aromatic heterocycles. The summed E-state index contributed by atoms with van der Waals surface area (Å²) in [6.07, 6.45) is -0.162. The van der Waals surface area contributed by atoms with Crippen molar-refractivity contribution in [1.29, 1.82) is 0 Å². The van der Waals surface area contributed by atoms with Crippen LogP contribution in [0.4, 0.5) is 0 Å². The lowest BCUT2D eigenvalue weighted by atomic mass is 10.1. The molecule has 8 heteroatoms. The number of hydrogen-bond donors (Lipinski definition) is 2. The molecule has 0 unspecified atom stereocenters. The van der Waals surface area contributed by atoms with E-state index < -0.39 is 30.7 Å². The van der Waals surface area contributed by atoms with Crippen molar-refractivity contribution < 1.29 is 25.9 Å². The minimum absolute atomic E-state index is 0.0812. The van der Waals surface area contributed by atoms with Crippen LogP contribution in [0.1, 0.15) is 26.7 Å². The van der Waals surface area contributed by atoms with Gasteiger partial charge in [0.2, 0.25) is 0 Å². The predicted octanol–water partition coefficient (Wildman–Crippen LogP) is 0.321. The fraction of sp³-hybridized carbons (Fsp3) is 1.00. The first-order valence-corrected chi connectivity index (χ1v) is 7.05. The Balaban J connectivity index is 5.33. The molecule has 0 saturated carbocycles. The normalized spacial score (nSPS) is 14.3. The van der Waals surface area contributed by atoms with Crippen LogP contribution >= 0.6 is 0 Å². The summed E-state index contributed by atoms with van der Waals surface area (Å²) in [6, 6.07) is 0. The molecule has 0 radical (unpaired) electrons. The van der Waals surface area contributed by atoms with E-state index in [9.17, 15) is 16.8 Å². The maximum Gasteiger partial charge on any atom is 0.271 e.